The predicted molar refractivity (Wildman–Crippen MR) is 126 cm³/mol. The van der Waals surface area contributed by atoms with Gasteiger partial charge < -0.3 is 21.5 Å². The Balaban J connectivity index is 1.82. The molecule has 0 fully saturated rings. The van der Waals surface area contributed by atoms with E-state index in [1.165, 1.54) is 0 Å². The van der Waals surface area contributed by atoms with Gasteiger partial charge in [0.25, 0.3) is 11.8 Å². The molecule has 0 bridgehead atoms. The molecule has 5 N–H and O–H groups in total. The first-order chi connectivity index (χ1) is 15.8. The number of hydrogen-bond acceptors (Lipinski definition) is 5. The smallest absolute Gasteiger partial charge is 0.257 e. The number of rotatable bonds is 5. The molecular weight excluding hydrogens is 442 g/mol. The number of carbonyl (C=O) groups excluding carboxylic acids is 2. The van der Waals surface area contributed by atoms with E-state index in [-0.39, 0.29) is 22.9 Å². The summed E-state index contributed by atoms with van der Waals surface area (Å²) >= 11 is 0. The van der Waals surface area contributed by atoms with Gasteiger partial charge in [-0.15, -0.1) is 0 Å². The van der Waals surface area contributed by atoms with Crippen LogP contribution in [0.15, 0.2) is 48.7 Å². The number of nitrogens with zero attached hydrogens (tertiary/aromatic N) is 1. The number of nitrogens with two attached hydrogens (primary N) is 1. The van der Waals surface area contributed by atoms with Crippen LogP contribution >= 0.6 is 0 Å². The molecule has 1 atom stereocenters. The molecule has 0 radical (unpaired) electrons. The van der Waals surface area contributed by atoms with Crippen LogP contribution in [-0.4, -0.2) is 27.4 Å². The Morgan fingerprint density at radius 1 is 1.06 bits per heavy atom. The number of anilines is 2. The standard InChI is InChI=1S/C25H26F2N4O3/c1-13-7-18(30-24(34)21(32)14-8-16(26)11-17(27)9-14)5-6-19(13)15-10-20(22(28)29-12-15)23(33)31-25(2,3)4/h5-12,21,32H,1-4H3,(H2,28,29)(H,30,34)(H,31,33)/t21-/m0/s1. The number of aliphatic hydroxyl groups is 1. The molecule has 0 spiro atoms. The van der Waals surface area contributed by atoms with Crippen LogP contribution in [-0.2, 0) is 4.79 Å². The fourth-order valence-electron chi connectivity index (χ4n) is 3.37. The molecule has 2 amide bonds. The third kappa shape index (κ3) is 5.93. The lowest BCUT2D eigenvalue weighted by molar-refractivity contribution is -0.124. The van der Waals surface area contributed by atoms with Crippen molar-refractivity contribution in [3.63, 3.8) is 0 Å². The van der Waals surface area contributed by atoms with E-state index in [9.17, 15) is 23.5 Å². The molecule has 0 saturated heterocycles. The van der Waals surface area contributed by atoms with Gasteiger partial charge in [0, 0.05) is 29.1 Å². The molecule has 178 valence electrons. The van der Waals surface area contributed by atoms with Crippen LogP contribution in [0.4, 0.5) is 20.3 Å². The second-order valence-electron chi connectivity index (χ2n) is 8.99. The monoisotopic (exact) mass is 468 g/mol. The fourth-order valence-corrected chi connectivity index (χ4v) is 3.37. The van der Waals surface area contributed by atoms with Gasteiger partial charge in [-0.1, -0.05) is 6.07 Å². The number of carbonyl (C=O) groups is 2. The quantitative estimate of drug-likeness (QED) is 0.449. The molecule has 0 unspecified atom stereocenters. The molecular formula is C25H26F2N4O3. The molecule has 1 aromatic heterocycles. The third-order valence-corrected chi connectivity index (χ3v) is 4.91. The van der Waals surface area contributed by atoms with Crippen molar-refractivity contribution in [2.75, 3.05) is 11.1 Å². The molecule has 0 saturated carbocycles. The zero-order chi connectivity index (χ0) is 25.2. The van der Waals surface area contributed by atoms with Gasteiger partial charge in [0.1, 0.15) is 17.5 Å². The van der Waals surface area contributed by atoms with E-state index in [1.54, 1.807) is 37.4 Å². The first-order valence-corrected chi connectivity index (χ1v) is 10.5. The fraction of sp³-hybridized carbons (Fsp3) is 0.240. The number of aromatic nitrogens is 1. The molecule has 7 nitrogen and oxygen atoms in total. The van der Waals surface area contributed by atoms with Crippen molar-refractivity contribution in [1.82, 2.24) is 10.3 Å². The lowest BCUT2D eigenvalue weighted by Crippen LogP contribution is -2.40. The minimum Gasteiger partial charge on any atom is -0.383 e. The summed E-state index contributed by atoms with van der Waals surface area (Å²) in [6.07, 6.45) is -0.207. The summed E-state index contributed by atoms with van der Waals surface area (Å²) in [6.45, 7) is 7.38. The minimum atomic E-state index is -1.75. The van der Waals surface area contributed by atoms with Gasteiger partial charge in [-0.25, -0.2) is 13.8 Å². The third-order valence-electron chi connectivity index (χ3n) is 4.91. The molecule has 3 aromatic rings. The number of benzene rings is 2. The average Bonchev–Trinajstić information content (AvgIpc) is 2.72. The lowest BCUT2D eigenvalue weighted by Gasteiger charge is -2.21. The highest BCUT2D eigenvalue weighted by Gasteiger charge is 2.21. The van der Waals surface area contributed by atoms with Crippen LogP contribution < -0.4 is 16.4 Å². The highest BCUT2D eigenvalue weighted by molar-refractivity contribution is 6.00. The Labute approximate surface area is 196 Å². The van der Waals surface area contributed by atoms with Crippen molar-refractivity contribution in [3.05, 3.63) is 77.0 Å². The summed E-state index contributed by atoms with van der Waals surface area (Å²) in [5.74, 6) is -2.87. The summed E-state index contributed by atoms with van der Waals surface area (Å²) in [4.78, 5) is 29.1. The van der Waals surface area contributed by atoms with Crippen molar-refractivity contribution in [3.8, 4) is 11.1 Å². The Kier molecular flexibility index (Phi) is 6.97. The maximum Gasteiger partial charge on any atom is 0.257 e. The maximum atomic E-state index is 13.4. The summed E-state index contributed by atoms with van der Waals surface area (Å²) in [5.41, 5.74) is 8.03. The van der Waals surface area contributed by atoms with Crippen LogP contribution in [0.5, 0.6) is 0 Å². The van der Waals surface area contributed by atoms with E-state index in [1.807, 2.05) is 20.8 Å². The maximum absolute atomic E-state index is 13.4. The minimum absolute atomic E-state index is 0.106. The van der Waals surface area contributed by atoms with Crippen LogP contribution in [0, 0.1) is 18.6 Å². The number of pyridine rings is 1. The Morgan fingerprint density at radius 2 is 1.71 bits per heavy atom. The van der Waals surface area contributed by atoms with Crippen LogP contribution in [0.25, 0.3) is 11.1 Å². The van der Waals surface area contributed by atoms with Crippen molar-refractivity contribution in [2.24, 2.45) is 0 Å². The molecule has 1 heterocycles. The zero-order valence-corrected chi connectivity index (χ0v) is 19.2. The second kappa shape index (κ2) is 9.56. The largest absolute Gasteiger partial charge is 0.383 e. The number of aryl methyl sites for hydroxylation is 1. The van der Waals surface area contributed by atoms with Crippen LogP contribution in [0.2, 0.25) is 0 Å². The molecule has 3 rings (SSSR count). The predicted octanol–water partition coefficient (Wildman–Crippen LogP) is 4.12. The number of halogens is 2. The zero-order valence-electron chi connectivity index (χ0n) is 19.2. The first kappa shape index (κ1) is 24.8. The van der Waals surface area contributed by atoms with Crippen molar-refractivity contribution in [1.29, 1.82) is 0 Å². The van der Waals surface area contributed by atoms with Gasteiger partial charge in [0.2, 0.25) is 0 Å². The number of nitrogens with one attached hydrogen (secondary N) is 2. The Hall–Kier alpha value is -3.85. The van der Waals surface area contributed by atoms with E-state index >= 15 is 0 Å². The van der Waals surface area contributed by atoms with Crippen molar-refractivity contribution < 1.29 is 23.5 Å². The van der Waals surface area contributed by atoms with Gasteiger partial charge in [-0.3, -0.25) is 9.59 Å². The normalized spacial score (nSPS) is 12.2. The average molecular weight is 469 g/mol. The Morgan fingerprint density at radius 3 is 2.29 bits per heavy atom. The number of nitrogen functional groups attached to an aromatic ring is 1. The van der Waals surface area contributed by atoms with E-state index in [4.69, 9.17) is 5.73 Å². The molecule has 0 aliphatic heterocycles. The summed E-state index contributed by atoms with van der Waals surface area (Å²) < 4.78 is 26.8. The van der Waals surface area contributed by atoms with Crippen molar-refractivity contribution in [2.45, 2.75) is 39.3 Å². The van der Waals surface area contributed by atoms with E-state index < -0.39 is 29.2 Å². The number of aliphatic hydroxyl groups excluding tert-OH is 1. The van der Waals surface area contributed by atoms with Gasteiger partial charge in [0.05, 0.1) is 5.56 Å². The molecule has 0 aliphatic rings. The molecule has 34 heavy (non-hydrogen) atoms. The lowest BCUT2D eigenvalue weighted by atomic mass is 9.99. The van der Waals surface area contributed by atoms with Gasteiger partial charge in [0.15, 0.2) is 6.10 Å². The summed E-state index contributed by atoms with van der Waals surface area (Å²) in [6, 6.07) is 9.07. The van der Waals surface area contributed by atoms with Gasteiger partial charge in [-0.05, 0) is 74.7 Å². The van der Waals surface area contributed by atoms with Crippen LogP contribution in [0.3, 0.4) is 0 Å². The summed E-state index contributed by atoms with van der Waals surface area (Å²) in [5, 5.41) is 15.6. The highest BCUT2D eigenvalue weighted by atomic mass is 19.1. The Bertz CT molecular complexity index is 1240. The topological polar surface area (TPSA) is 117 Å². The second-order valence-corrected chi connectivity index (χ2v) is 8.99. The molecule has 0 aliphatic carbocycles. The van der Waals surface area contributed by atoms with Crippen molar-refractivity contribution >= 4 is 23.3 Å². The summed E-state index contributed by atoms with van der Waals surface area (Å²) in [7, 11) is 0. The van der Waals surface area contributed by atoms with Gasteiger partial charge in [-0.2, -0.15) is 0 Å². The van der Waals surface area contributed by atoms with Crippen LogP contribution in [0.1, 0.15) is 48.4 Å². The van der Waals surface area contributed by atoms with E-state index in [0.29, 0.717) is 17.3 Å². The molecule has 9 heteroatoms. The highest BCUT2D eigenvalue weighted by Crippen LogP contribution is 2.28. The molecule has 2 aromatic carbocycles. The SMILES string of the molecule is Cc1cc(NC(=O)[C@@H](O)c2cc(F)cc(F)c2)ccc1-c1cnc(N)c(C(=O)NC(C)(C)C)c1. The van der Waals surface area contributed by atoms with E-state index in [2.05, 4.69) is 15.6 Å². The van der Waals surface area contributed by atoms with E-state index in [0.717, 1.165) is 23.3 Å². The number of hydrogen-bond donors (Lipinski definition) is 4. The van der Waals surface area contributed by atoms with Gasteiger partial charge >= 0.3 is 0 Å². The first-order valence-electron chi connectivity index (χ1n) is 10.5. The number of amides is 2.